The molecule has 0 bridgehead atoms. The molecule has 68 valence electrons. The minimum atomic E-state index is 1.21. The Kier molecular flexibility index (Phi) is 2.49. The van der Waals surface area contributed by atoms with Gasteiger partial charge in [-0.15, -0.1) is 0 Å². The van der Waals surface area contributed by atoms with Crippen LogP contribution in [0, 0.1) is 0 Å². The van der Waals surface area contributed by atoms with Crippen molar-refractivity contribution in [2.75, 3.05) is 0 Å². The molecule has 0 N–H and O–H groups in total. The lowest BCUT2D eigenvalue weighted by Crippen LogP contribution is -2.26. The summed E-state index contributed by atoms with van der Waals surface area (Å²) in [4.78, 5) is 0. The molecule has 0 heteroatoms. The minimum absolute atomic E-state index is 1.21. The summed E-state index contributed by atoms with van der Waals surface area (Å²) in [5.41, 5.74) is 1.48. The number of hydrogen-bond acceptors (Lipinski definition) is 0. The Morgan fingerprint density at radius 1 is 1.08 bits per heavy atom. The van der Waals surface area contributed by atoms with Gasteiger partial charge in [0.1, 0.15) is 0 Å². The molecule has 0 saturated carbocycles. The zero-order chi connectivity index (χ0) is 9.10. The van der Waals surface area contributed by atoms with E-state index in [1.54, 1.807) is 0 Å². The zero-order valence-electron chi connectivity index (χ0n) is 8.22. The molecule has 2 rings (SSSR count). The van der Waals surface area contributed by atoms with E-state index in [0.29, 0.717) is 0 Å². The molecular weight excluding hydrogens is 156 g/mol. The van der Waals surface area contributed by atoms with E-state index >= 15 is 0 Å². The van der Waals surface area contributed by atoms with Gasteiger partial charge in [0.15, 0.2) is 0 Å². The lowest BCUT2D eigenvalue weighted by molar-refractivity contribution is 0.919. The Balaban J connectivity index is 2.48. The molecule has 1 aromatic carbocycles. The van der Waals surface area contributed by atoms with Crippen LogP contribution in [-0.4, -0.2) is 0 Å². The molecule has 0 aromatic heterocycles. The monoisotopic (exact) mass is 172 g/mol. The fraction of sp³-hybridized carbons (Fsp3) is 0.385. The number of benzene rings is 1. The maximum Gasteiger partial charge on any atom is -0.0224 e. The molecule has 0 amide bonds. The van der Waals surface area contributed by atoms with E-state index in [9.17, 15) is 0 Å². The molecular formula is C13H16. The van der Waals surface area contributed by atoms with Gasteiger partial charge in [-0.05, 0) is 35.3 Å². The summed E-state index contributed by atoms with van der Waals surface area (Å²) < 4.78 is 0. The molecule has 1 aliphatic carbocycles. The van der Waals surface area contributed by atoms with E-state index in [1.165, 1.54) is 41.7 Å². The Morgan fingerprint density at radius 3 is 2.62 bits per heavy atom. The van der Waals surface area contributed by atoms with Crippen LogP contribution in [0.2, 0.25) is 0 Å². The zero-order valence-corrected chi connectivity index (χ0v) is 8.22. The Labute approximate surface area is 79.6 Å². The second-order valence-electron chi connectivity index (χ2n) is 3.70. The second-order valence-corrected chi connectivity index (χ2v) is 3.70. The topological polar surface area (TPSA) is 0 Å². The molecule has 0 nitrogen and oxygen atoms in total. The second kappa shape index (κ2) is 3.78. The highest BCUT2D eigenvalue weighted by molar-refractivity contribution is 5.39. The standard InChI is InChI=1S/C13H16/c1-2-5-11-8-9-12-6-3-4-7-13(12)10-11/h6-10H,2-5H2,1H3. The molecule has 0 radical (unpaired) electrons. The van der Waals surface area contributed by atoms with Crippen LogP contribution in [0.3, 0.4) is 0 Å². The van der Waals surface area contributed by atoms with Gasteiger partial charge in [0.2, 0.25) is 0 Å². The molecule has 0 spiro atoms. The first-order valence-corrected chi connectivity index (χ1v) is 5.19. The van der Waals surface area contributed by atoms with Crippen LogP contribution < -0.4 is 10.4 Å². The maximum absolute atomic E-state index is 2.36. The summed E-state index contributed by atoms with van der Waals surface area (Å²) in [7, 11) is 0. The van der Waals surface area contributed by atoms with Gasteiger partial charge in [0.05, 0.1) is 0 Å². The fourth-order valence-electron chi connectivity index (χ4n) is 1.91. The van der Waals surface area contributed by atoms with Gasteiger partial charge < -0.3 is 0 Å². The number of rotatable bonds is 2. The number of hydrogen-bond donors (Lipinski definition) is 0. The van der Waals surface area contributed by atoms with Crippen LogP contribution in [0.25, 0.3) is 12.2 Å². The average molecular weight is 172 g/mol. The van der Waals surface area contributed by atoms with Crippen LogP contribution in [0.5, 0.6) is 0 Å². The number of fused-ring (bicyclic) bond motifs is 1. The summed E-state index contributed by atoms with van der Waals surface area (Å²) in [6.45, 7) is 2.23. The predicted octanol–water partition coefficient (Wildman–Crippen LogP) is 1.99. The average Bonchev–Trinajstić information content (AvgIpc) is 2.18. The summed E-state index contributed by atoms with van der Waals surface area (Å²) >= 11 is 0. The molecule has 0 aliphatic heterocycles. The first-order valence-electron chi connectivity index (χ1n) is 5.19. The van der Waals surface area contributed by atoms with Gasteiger partial charge in [0, 0.05) is 0 Å². The van der Waals surface area contributed by atoms with Crippen LogP contribution >= 0.6 is 0 Å². The third-order valence-corrected chi connectivity index (χ3v) is 2.59. The molecule has 1 aliphatic rings. The largest absolute Gasteiger partial charge is 0.0764 e. The van der Waals surface area contributed by atoms with Crippen LogP contribution in [0.1, 0.15) is 31.7 Å². The van der Waals surface area contributed by atoms with Crippen LogP contribution in [-0.2, 0) is 6.42 Å². The highest BCUT2D eigenvalue weighted by Crippen LogP contribution is 2.00. The van der Waals surface area contributed by atoms with Crippen molar-refractivity contribution in [2.45, 2.75) is 32.6 Å². The quantitative estimate of drug-likeness (QED) is 0.640. The summed E-state index contributed by atoms with van der Waals surface area (Å²) in [6, 6.07) is 6.86. The van der Waals surface area contributed by atoms with Crippen molar-refractivity contribution in [2.24, 2.45) is 0 Å². The fourth-order valence-corrected chi connectivity index (χ4v) is 1.91. The molecule has 0 saturated heterocycles. The van der Waals surface area contributed by atoms with Crippen molar-refractivity contribution >= 4 is 12.2 Å². The van der Waals surface area contributed by atoms with E-state index < -0.39 is 0 Å². The smallest absolute Gasteiger partial charge is 0.0224 e. The van der Waals surface area contributed by atoms with E-state index in [-0.39, 0.29) is 0 Å². The third kappa shape index (κ3) is 1.82. The third-order valence-electron chi connectivity index (χ3n) is 2.59. The Morgan fingerprint density at radius 2 is 1.85 bits per heavy atom. The molecule has 13 heavy (non-hydrogen) atoms. The molecule has 0 heterocycles. The van der Waals surface area contributed by atoms with E-state index in [4.69, 9.17) is 0 Å². The van der Waals surface area contributed by atoms with Gasteiger partial charge in [-0.25, -0.2) is 0 Å². The van der Waals surface area contributed by atoms with Gasteiger partial charge in [-0.2, -0.15) is 0 Å². The highest BCUT2D eigenvalue weighted by Gasteiger charge is 1.95. The van der Waals surface area contributed by atoms with Crippen molar-refractivity contribution in [3.8, 4) is 0 Å². The molecule has 0 fully saturated rings. The maximum atomic E-state index is 2.36. The molecule has 0 unspecified atom stereocenters. The van der Waals surface area contributed by atoms with Gasteiger partial charge in [-0.1, -0.05) is 43.7 Å². The van der Waals surface area contributed by atoms with E-state index in [2.05, 4.69) is 37.3 Å². The SMILES string of the molecule is CCCc1ccc2c(c1)=CCCC=2. The van der Waals surface area contributed by atoms with Crippen molar-refractivity contribution < 1.29 is 0 Å². The Hall–Kier alpha value is -1.04. The van der Waals surface area contributed by atoms with Gasteiger partial charge >= 0.3 is 0 Å². The van der Waals surface area contributed by atoms with Crippen molar-refractivity contribution in [1.82, 2.24) is 0 Å². The van der Waals surface area contributed by atoms with Crippen molar-refractivity contribution in [1.29, 1.82) is 0 Å². The van der Waals surface area contributed by atoms with Crippen molar-refractivity contribution in [3.05, 3.63) is 34.2 Å². The summed E-state index contributed by atoms with van der Waals surface area (Å²) in [5, 5.41) is 2.86. The minimum Gasteiger partial charge on any atom is -0.0764 e. The van der Waals surface area contributed by atoms with Gasteiger partial charge in [-0.3, -0.25) is 0 Å². The molecule has 0 atom stereocenters. The van der Waals surface area contributed by atoms with Crippen LogP contribution in [0.15, 0.2) is 18.2 Å². The normalized spacial score (nSPS) is 14.2. The lowest BCUT2D eigenvalue weighted by Gasteiger charge is -2.02. The summed E-state index contributed by atoms with van der Waals surface area (Å²) in [6.07, 6.45) is 9.56. The van der Waals surface area contributed by atoms with E-state index in [0.717, 1.165) is 0 Å². The Bertz CT molecular complexity index is 399. The van der Waals surface area contributed by atoms with Crippen LogP contribution in [0.4, 0.5) is 0 Å². The highest BCUT2D eigenvalue weighted by atomic mass is 14.0. The predicted molar refractivity (Wildman–Crippen MR) is 57.9 cm³/mol. The first kappa shape index (κ1) is 8.55. The van der Waals surface area contributed by atoms with Crippen molar-refractivity contribution in [3.63, 3.8) is 0 Å². The van der Waals surface area contributed by atoms with E-state index in [1.807, 2.05) is 0 Å². The summed E-state index contributed by atoms with van der Waals surface area (Å²) in [5.74, 6) is 0. The van der Waals surface area contributed by atoms with Gasteiger partial charge in [0.25, 0.3) is 0 Å². The number of aryl methyl sites for hydroxylation is 1. The first-order chi connectivity index (χ1) is 6.40. The molecule has 1 aromatic rings. The lowest BCUT2D eigenvalue weighted by atomic mass is 10.0.